The molecule has 1 amide bonds. The monoisotopic (exact) mass is 186 g/mol. The van der Waals surface area contributed by atoms with Gasteiger partial charge in [-0.1, -0.05) is 0 Å². The molecule has 4 nitrogen and oxygen atoms in total. The zero-order valence-electron chi connectivity index (χ0n) is 8.46. The average Bonchev–Trinajstić information content (AvgIpc) is 2.62. The molecule has 4 heteroatoms. The fraction of sp³-hybridized carbons (Fsp3) is 0.889. The minimum Gasteiger partial charge on any atom is -0.444 e. The maximum atomic E-state index is 11.2. The van der Waals surface area contributed by atoms with Gasteiger partial charge in [0.05, 0.1) is 0 Å². The molecule has 1 fully saturated rings. The Labute approximate surface area is 78.8 Å². The normalized spacial score (nSPS) is 26.8. The number of alkyl carbamates (subject to hydrolysis) is 1. The molecule has 1 rings (SSSR count). The number of hydrogen-bond donors (Lipinski definition) is 2. The van der Waals surface area contributed by atoms with Crippen LogP contribution < -0.4 is 11.1 Å². The van der Waals surface area contributed by atoms with Crippen LogP contribution in [-0.2, 0) is 4.74 Å². The van der Waals surface area contributed by atoms with Crippen LogP contribution in [0.25, 0.3) is 0 Å². The van der Waals surface area contributed by atoms with E-state index in [0.29, 0.717) is 12.5 Å². The molecular weight excluding hydrogens is 168 g/mol. The highest BCUT2D eigenvalue weighted by molar-refractivity contribution is 5.68. The lowest BCUT2D eigenvalue weighted by molar-refractivity contribution is 0.0521. The molecule has 0 bridgehead atoms. The van der Waals surface area contributed by atoms with E-state index in [1.807, 2.05) is 20.8 Å². The van der Waals surface area contributed by atoms with Crippen LogP contribution in [0.5, 0.6) is 0 Å². The number of nitrogens with one attached hydrogen (secondary N) is 1. The molecule has 1 aliphatic rings. The Hall–Kier alpha value is -0.770. The summed E-state index contributed by atoms with van der Waals surface area (Å²) in [7, 11) is 0. The molecule has 0 saturated heterocycles. The van der Waals surface area contributed by atoms with E-state index in [1.165, 1.54) is 0 Å². The molecule has 1 aliphatic carbocycles. The Morgan fingerprint density at radius 2 is 2.23 bits per heavy atom. The molecule has 0 heterocycles. The minimum atomic E-state index is -0.419. The van der Waals surface area contributed by atoms with E-state index < -0.39 is 5.60 Å². The summed E-state index contributed by atoms with van der Waals surface area (Å²) in [5.41, 5.74) is 5.02. The zero-order valence-corrected chi connectivity index (χ0v) is 8.46. The van der Waals surface area contributed by atoms with Crippen LogP contribution in [0.3, 0.4) is 0 Å². The van der Waals surface area contributed by atoms with Gasteiger partial charge in [-0.15, -0.1) is 0 Å². The molecule has 0 aromatic carbocycles. The van der Waals surface area contributed by atoms with Gasteiger partial charge in [0.15, 0.2) is 0 Å². The second kappa shape index (κ2) is 3.54. The highest BCUT2D eigenvalue weighted by Crippen LogP contribution is 2.28. The zero-order chi connectivity index (χ0) is 10.1. The predicted molar refractivity (Wildman–Crippen MR) is 50.3 cm³/mol. The third-order valence-corrected chi connectivity index (χ3v) is 1.93. The third-order valence-electron chi connectivity index (χ3n) is 1.93. The fourth-order valence-corrected chi connectivity index (χ4v) is 1.14. The summed E-state index contributed by atoms with van der Waals surface area (Å²) < 4.78 is 5.09. The van der Waals surface area contributed by atoms with Crippen LogP contribution in [0.4, 0.5) is 4.79 Å². The van der Waals surface area contributed by atoms with Gasteiger partial charge in [0.2, 0.25) is 0 Å². The molecule has 0 aromatic rings. The van der Waals surface area contributed by atoms with E-state index >= 15 is 0 Å². The number of carbonyl (C=O) groups is 1. The van der Waals surface area contributed by atoms with Crippen LogP contribution in [-0.4, -0.2) is 24.3 Å². The van der Waals surface area contributed by atoms with Gasteiger partial charge in [-0.2, -0.15) is 0 Å². The molecule has 3 N–H and O–H groups in total. The summed E-state index contributed by atoms with van der Waals surface area (Å²) in [5, 5.41) is 2.77. The minimum absolute atomic E-state index is 0.236. The summed E-state index contributed by atoms with van der Waals surface area (Å²) >= 11 is 0. The lowest BCUT2D eigenvalue weighted by Crippen LogP contribution is -2.34. The highest BCUT2D eigenvalue weighted by Gasteiger charge is 2.37. The maximum Gasteiger partial charge on any atom is 0.407 e. The molecule has 0 radical (unpaired) electrons. The van der Waals surface area contributed by atoms with E-state index in [1.54, 1.807) is 0 Å². The van der Waals surface area contributed by atoms with Gasteiger partial charge in [0.1, 0.15) is 5.60 Å². The Kier molecular flexibility index (Phi) is 2.81. The quantitative estimate of drug-likeness (QED) is 0.672. The molecule has 2 atom stereocenters. The van der Waals surface area contributed by atoms with Gasteiger partial charge >= 0.3 is 6.09 Å². The first-order chi connectivity index (χ1) is 5.92. The second-order valence-corrected chi connectivity index (χ2v) is 4.48. The van der Waals surface area contributed by atoms with Crippen LogP contribution in [0.1, 0.15) is 27.2 Å². The summed E-state index contributed by atoms with van der Waals surface area (Å²) in [4.78, 5) is 11.2. The van der Waals surface area contributed by atoms with E-state index in [9.17, 15) is 4.79 Å². The van der Waals surface area contributed by atoms with Gasteiger partial charge in [0.25, 0.3) is 0 Å². The summed E-state index contributed by atoms with van der Waals surface area (Å²) in [5.74, 6) is 0.451. The van der Waals surface area contributed by atoms with Crippen molar-refractivity contribution in [2.24, 2.45) is 11.7 Å². The van der Waals surface area contributed by atoms with Gasteiger partial charge in [-0.05, 0) is 39.7 Å². The van der Waals surface area contributed by atoms with Crippen LogP contribution in [0, 0.1) is 5.92 Å². The van der Waals surface area contributed by atoms with Gasteiger partial charge in [-0.3, -0.25) is 0 Å². The Bertz CT molecular complexity index is 198. The van der Waals surface area contributed by atoms with Crippen molar-refractivity contribution in [3.05, 3.63) is 0 Å². The second-order valence-electron chi connectivity index (χ2n) is 4.48. The van der Waals surface area contributed by atoms with Crippen LogP contribution in [0.15, 0.2) is 0 Å². The van der Waals surface area contributed by atoms with Crippen molar-refractivity contribution in [3.8, 4) is 0 Å². The van der Waals surface area contributed by atoms with Crippen molar-refractivity contribution in [3.63, 3.8) is 0 Å². The number of ether oxygens (including phenoxy) is 1. The Balaban J connectivity index is 2.20. The highest BCUT2D eigenvalue weighted by atomic mass is 16.6. The van der Waals surface area contributed by atoms with Crippen molar-refractivity contribution in [2.75, 3.05) is 6.54 Å². The number of hydrogen-bond acceptors (Lipinski definition) is 3. The predicted octanol–water partition coefficient (Wildman–Crippen LogP) is 0.858. The standard InChI is InChI=1S/C9H18N2O2/c1-9(2,3)13-8(12)11-7-4-6(7)5-10/h6-7H,4-5,10H2,1-3H3,(H,11,12)/t6-,7-/m0/s1. The summed E-state index contributed by atoms with van der Waals surface area (Å²) in [6, 6.07) is 0.236. The maximum absolute atomic E-state index is 11.2. The first-order valence-electron chi connectivity index (χ1n) is 4.62. The van der Waals surface area contributed by atoms with E-state index in [-0.39, 0.29) is 12.1 Å². The molecule has 13 heavy (non-hydrogen) atoms. The Morgan fingerprint density at radius 1 is 1.62 bits per heavy atom. The topological polar surface area (TPSA) is 64.3 Å². The van der Waals surface area contributed by atoms with E-state index in [4.69, 9.17) is 10.5 Å². The van der Waals surface area contributed by atoms with Gasteiger partial charge in [-0.25, -0.2) is 4.79 Å². The van der Waals surface area contributed by atoms with E-state index in [2.05, 4.69) is 5.32 Å². The molecule has 0 aromatic heterocycles. The SMILES string of the molecule is CC(C)(C)OC(=O)N[C@H]1C[C@H]1CN. The van der Waals surface area contributed by atoms with Crippen molar-refractivity contribution in [1.29, 1.82) is 0 Å². The first kappa shape index (κ1) is 10.3. The smallest absolute Gasteiger partial charge is 0.407 e. The molecule has 76 valence electrons. The van der Waals surface area contributed by atoms with Gasteiger partial charge in [0, 0.05) is 6.04 Å². The van der Waals surface area contributed by atoms with Crippen molar-refractivity contribution in [1.82, 2.24) is 5.32 Å². The lowest BCUT2D eigenvalue weighted by atomic mass is 10.2. The van der Waals surface area contributed by atoms with Crippen molar-refractivity contribution >= 4 is 6.09 Å². The molecule has 0 unspecified atom stereocenters. The van der Waals surface area contributed by atoms with Crippen LogP contribution in [0.2, 0.25) is 0 Å². The number of amides is 1. The first-order valence-corrected chi connectivity index (χ1v) is 4.62. The summed E-state index contributed by atoms with van der Waals surface area (Å²) in [6.07, 6.45) is 0.642. The average molecular weight is 186 g/mol. The third kappa shape index (κ3) is 3.63. The van der Waals surface area contributed by atoms with Gasteiger partial charge < -0.3 is 15.8 Å². The molecule has 1 saturated carbocycles. The number of nitrogens with two attached hydrogens (primary N) is 1. The number of carbonyl (C=O) groups excluding carboxylic acids is 1. The number of rotatable bonds is 2. The molecule has 0 aliphatic heterocycles. The Morgan fingerprint density at radius 3 is 2.62 bits per heavy atom. The van der Waals surface area contributed by atoms with Crippen molar-refractivity contribution in [2.45, 2.75) is 38.8 Å². The molecule has 0 spiro atoms. The van der Waals surface area contributed by atoms with Crippen molar-refractivity contribution < 1.29 is 9.53 Å². The summed E-state index contributed by atoms with van der Waals surface area (Å²) in [6.45, 7) is 6.18. The molecular formula is C9H18N2O2. The largest absolute Gasteiger partial charge is 0.444 e. The van der Waals surface area contributed by atoms with E-state index in [0.717, 1.165) is 6.42 Å². The van der Waals surface area contributed by atoms with Crippen LogP contribution >= 0.6 is 0 Å². The fourth-order valence-electron chi connectivity index (χ4n) is 1.14. The lowest BCUT2D eigenvalue weighted by Gasteiger charge is -2.19.